The maximum absolute atomic E-state index is 13.1. The average Bonchev–Trinajstić information content (AvgIpc) is 2.80. The van der Waals surface area contributed by atoms with Gasteiger partial charge in [0.2, 0.25) is 0 Å². The normalized spacial score (nSPS) is 10.9. The van der Waals surface area contributed by atoms with E-state index in [2.05, 4.69) is 42.5 Å². The quantitative estimate of drug-likeness (QED) is 0.238. The van der Waals surface area contributed by atoms with Crippen LogP contribution in [0.1, 0.15) is 16.7 Å². The van der Waals surface area contributed by atoms with Crippen molar-refractivity contribution in [3.8, 4) is 11.8 Å². The van der Waals surface area contributed by atoms with E-state index >= 15 is 0 Å². The summed E-state index contributed by atoms with van der Waals surface area (Å²) >= 11 is 6.79. The highest BCUT2D eigenvalue weighted by Gasteiger charge is 2.16. The first-order valence-corrected chi connectivity index (χ1v) is 11.9. The third kappa shape index (κ3) is 7.25. The molecule has 2 N–H and O–H groups in total. The first-order valence-electron chi connectivity index (χ1n) is 10.3. The first kappa shape index (κ1) is 26.1. The Balaban J connectivity index is 1.79. The van der Waals surface area contributed by atoms with Crippen molar-refractivity contribution in [3.05, 3.63) is 91.6 Å². The molecule has 0 aromatic heterocycles. The van der Waals surface area contributed by atoms with Gasteiger partial charge in [-0.1, -0.05) is 22.0 Å². The molecule has 0 saturated carbocycles. The van der Waals surface area contributed by atoms with E-state index in [0.29, 0.717) is 25.9 Å². The highest BCUT2D eigenvalue weighted by atomic mass is 79.9. The molecule has 9 heteroatoms. The van der Waals surface area contributed by atoms with Crippen molar-refractivity contribution in [2.45, 2.75) is 13.8 Å². The predicted molar refractivity (Wildman–Crippen MR) is 141 cm³/mol. The summed E-state index contributed by atoms with van der Waals surface area (Å²) in [4.78, 5) is 25.1. The van der Waals surface area contributed by atoms with Gasteiger partial charge in [-0.3, -0.25) is 9.59 Å². The molecule has 35 heavy (non-hydrogen) atoms. The van der Waals surface area contributed by atoms with Crippen LogP contribution in [0.5, 0.6) is 5.75 Å². The summed E-state index contributed by atoms with van der Waals surface area (Å²) in [6.07, 6.45) is 1.35. The SMILES string of the molecule is Cc1ccc(NC(=O)COc2c(Br)cc(Br)cc2/C=C(\C#N)C(=O)Nc2ccc(F)cc2)cc1C. The van der Waals surface area contributed by atoms with E-state index < -0.39 is 11.7 Å². The number of amides is 2. The minimum absolute atomic E-state index is 0.205. The van der Waals surface area contributed by atoms with Gasteiger partial charge in [0, 0.05) is 21.4 Å². The lowest BCUT2D eigenvalue weighted by Gasteiger charge is -2.13. The lowest BCUT2D eigenvalue weighted by atomic mass is 10.1. The van der Waals surface area contributed by atoms with Gasteiger partial charge >= 0.3 is 0 Å². The molecule has 0 atom stereocenters. The number of halogens is 3. The fraction of sp³-hybridized carbons (Fsp3) is 0.115. The monoisotopic (exact) mass is 599 g/mol. The second kappa shape index (κ2) is 11.8. The Morgan fingerprint density at radius 2 is 1.69 bits per heavy atom. The lowest BCUT2D eigenvalue weighted by Crippen LogP contribution is -2.20. The van der Waals surface area contributed by atoms with Gasteiger partial charge in [-0.15, -0.1) is 0 Å². The summed E-state index contributed by atoms with van der Waals surface area (Å²) in [7, 11) is 0. The highest BCUT2D eigenvalue weighted by molar-refractivity contribution is 9.11. The number of rotatable bonds is 7. The van der Waals surface area contributed by atoms with Crippen LogP contribution in [0.4, 0.5) is 15.8 Å². The van der Waals surface area contributed by atoms with Gasteiger partial charge in [0.25, 0.3) is 11.8 Å². The van der Waals surface area contributed by atoms with E-state index in [1.165, 1.54) is 30.3 Å². The van der Waals surface area contributed by atoms with Crippen LogP contribution in [0, 0.1) is 31.0 Å². The molecule has 6 nitrogen and oxygen atoms in total. The maximum atomic E-state index is 13.1. The van der Waals surface area contributed by atoms with Crippen LogP contribution in [0.15, 0.2) is 69.1 Å². The molecule has 178 valence electrons. The summed E-state index contributed by atoms with van der Waals surface area (Å²) in [6, 6.07) is 16.0. The fourth-order valence-corrected chi connectivity index (χ4v) is 4.40. The molecule has 0 aliphatic rings. The Bertz CT molecular complexity index is 1350. The van der Waals surface area contributed by atoms with Crippen molar-refractivity contribution in [3.63, 3.8) is 0 Å². The number of aryl methyl sites for hydroxylation is 2. The lowest BCUT2D eigenvalue weighted by molar-refractivity contribution is -0.118. The Morgan fingerprint density at radius 1 is 1.00 bits per heavy atom. The van der Waals surface area contributed by atoms with Crippen molar-refractivity contribution in [2.75, 3.05) is 17.2 Å². The topological polar surface area (TPSA) is 91.2 Å². The maximum Gasteiger partial charge on any atom is 0.266 e. The third-order valence-electron chi connectivity index (χ3n) is 4.94. The molecule has 0 unspecified atom stereocenters. The Morgan fingerprint density at radius 3 is 2.34 bits per heavy atom. The Hall–Kier alpha value is -3.48. The standard InChI is InChI=1S/C26H20Br2FN3O3/c1-15-3-6-22(9-16(15)2)31-24(33)14-35-25-17(11-19(27)12-23(25)28)10-18(13-30)26(34)32-21-7-4-20(29)5-8-21/h3-12H,14H2,1-2H3,(H,31,33)(H,32,34)/b18-10+. The molecular formula is C26H20Br2FN3O3. The average molecular weight is 601 g/mol. The highest BCUT2D eigenvalue weighted by Crippen LogP contribution is 2.34. The predicted octanol–water partition coefficient (Wildman–Crippen LogP) is 6.53. The number of carbonyl (C=O) groups excluding carboxylic acids is 2. The number of hydrogen-bond acceptors (Lipinski definition) is 4. The molecule has 3 aromatic rings. The molecule has 0 fully saturated rings. The van der Waals surface area contributed by atoms with Crippen molar-refractivity contribution in [1.29, 1.82) is 5.26 Å². The van der Waals surface area contributed by atoms with Crippen LogP contribution in [-0.4, -0.2) is 18.4 Å². The molecule has 0 bridgehead atoms. The van der Waals surface area contributed by atoms with Crippen LogP contribution in [0.3, 0.4) is 0 Å². The van der Waals surface area contributed by atoms with Crippen LogP contribution in [0.25, 0.3) is 6.08 Å². The minimum Gasteiger partial charge on any atom is -0.482 e. The summed E-state index contributed by atoms with van der Waals surface area (Å²) in [5, 5.41) is 14.9. The van der Waals surface area contributed by atoms with Gasteiger partial charge in [0.15, 0.2) is 6.61 Å². The van der Waals surface area contributed by atoms with E-state index in [1.54, 1.807) is 12.1 Å². The minimum atomic E-state index is -0.673. The molecule has 2 amide bonds. The number of benzene rings is 3. The van der Waals surface area contributed by atoms with Crippen molar-refractivity contribution in [1.82, 2.24) is 0 Å². The molecule has 0 heterocycles. The molecule has 0 spiro atoms. The Labute approximate surface area is 219 Å². The molecule has 0 aliphatic carbocycles. The van der Waals surface area contributed by atoms with Gasteiger partial charge < -0.3 is 15.4 Å². The van der Waals surface area contributed by atoms with Gasteiger partial charge in [0.1, 0.15) is 23.2 Å². The van der Waals surface area contributed by atoms with Gasteiger partial charge in [-0.2, -0.15) is 5.26 Å². The summed E-state index contributed by atoms with van der Waals surface area (Å²) in [5.41, 5.74) is 3.36. The zero-order chi connectivity index (χ0) is 25.5. The number of anilines is 2. The van der Waals surface area contributed by atoms with Gasteiger partial charge in [0.05, 0.1) is 4.47 Å². The number of hydrogen-bond donors (Lipinski definition) is 2. The molecule has 3 aromatic carbocycles. The zero-order valence-electron chi connectivity index (χ0n) is 18.8. The number of nitriles is 1. The van der Waals surface area contributed by atoms with E-state index in [4.69, 9.17) is 4.74 Å². The molecule has 0 aliphatic heterocycles. The molecule has 0 saturated heterocycles. The summed E-state index contributed by atoms with van der Waals surface area (Å²) in [5.74, 6) is -1.20. The van der Waals surface area contributed by atoms with E-state index in [9.17, 15) is 19.2 Å². The summed E-state index contributed by atoms with van der Waals surface area (Å²) in [6.45, 7) is 3.65. The first-order chi connectivity index (χ1) is 16.7. The second-order valence-corrected chi connectivity index (χ2v) is 9.34. The van der Waals surface area contributed by atoms with E-state index in [0.717, 1.165) is 11.1 Å². The largest absolute Gasteiger partial charge is 0.482 e. The van der Waals surface area contributed by atoms with Crippen LogP contribution in [0.2, 0.25) is 0 Å². The number of nitrogens with one attached hydrogen (secondary N) is 2. The zero-order valence-corrected chi connectivity index (χ0v) is 22.0. The van der Waals surface area contributed by atoms with Crippen LogP contribution < -0.4 is 15.4 Å². The van der Waals surface area contributed by atoms with Crippen LogP contribution >= 0.6 is 31.9 Å². The Kier molecular flexibility index (Phi) is 8.79. The number of nitrogens with zero attached hydrogens (tertiary/aromatic N) is 1. The second-order valence-electron chi connectivity index (χ2n) is 7.57. The molecule has 0 radical (unpaired) electrons. The summed E-state index contributed by atoms with van der Waals surface area (Å²) < 4.78 is 20.1. The van der Waals surface area contributed by atoms with Crippen molar-refractivity contribution in [2.24, 2.45) is 0 Å². The van der Waals surface area contributed by atoms with E-state index in [1.807, 2.05) is 38.1 Å². The molecule has 3 rings (SSSR count). The number of ether oxygens (including phenoxy) is 1. The van der Waals surface area contributed by atoms with Crippen molar-refractivity contribution < 1.29 is 18.7 Å². The third-order valence-corrected chi connectivity index (χ3v) is 5.99. The van der Waals surface area contributed by atoms with Gasteiger partial charge in [-0.25, -0.2) is 4.39 Å². The van der Waals surface area contributed by atoms with E-state index in [-0.39, 0.29) is 23.8 Å². The van der Waals surface area contributed by atoms with Crippen molar-refractivity contribution >= 4 is 61.1 Å². The number of carbonyl (C=O) groups is 2. The smallest absolute Gasteiger partial charge is 0.266 e. The van der Waals surface area contributed by atoms with Crippen LogP contribution in [-0.2, 0) is 9.59 Å². The van der Waals surface area contributed by atoms with Gasteiger partial charge in [-0.05, 0) is 95.5 Å². The fourth-order valence-electron chi connectivity index (χ4n) is 3.03. The molecular weight excluding hydrogens is 581 g/mol.